The first-order chi connectivity index (χ1) is 17.2. The molecular formula is C27H35N7O2S. The first-order valence-corrected chi connectivity index (χ1v) is 11.8. The second-order valence-electron chi connectivity index (χ2n) is 9.65. The summed E-state index contributed by atoms with van der Waals surface area (Å²) in [7, 11) is 3.99. The number of amides is 3. The maximum absolute atomic E-state index is 13.5. The van der Waals surface area contributed by atoms with Crippen molar-refractivity contribution in [2.45, 2.75) is 32.0 Å². The highest BCUT2D eigenvalue weighted by atomic mass is 32.1. The number of nitrogens with one attached hydrogen (secondary N) is 4. The molecule has 2 aromatic carbocycles. The summed E-state index contributed by atoms with van der Waals surface area (Å²) in [6.45, 7) is 8.59. The summed E-state index contributed by atoms with van der Waals surface area (Å²) in [6.07, 6.45) is 1.23. The maximum Gasteiger partial charge on any atom is 0.319 e. The normalized spacial score (nSPS) is 14.4. The fourth-order valence-corrected chi connectivity index (χ4v) is 4.46. The van der Waals surface area contributed by atoms with E-state index in [-0.39, 0.29) is 31.5 Å². The molecule has 4 N–H and O–H groups in total. The van der Waals surface area contributed by atoms with Gasteiger partial charge in [-0.15, -0.1) is 0 Å². The third kappa shape index (κ3) is 6.15. The van der Waals surface area contributed by atoms with E-state index in [2.05, 4.69) is 37.6 Å². The number of hydrogen-bond acceptors (Lipinski definition) is 5. The Bertz CT molecular complexity index is 1260. The van der Waals surface area contributed by atoms with Gasteiger partial charge in [-0.3, -0.25) is 9.89 Å². The Balaban J connectivity index is 0.00000380. The fourth-order valence-electron chi connectivity index (χ4n) is 4.46. The van der Waals surface area contributed by atoms with Crippen LogP contribution >= 0.6 is 13.5 Å². The van der Waals surface area contributed by atoms with Crippen molar-refractivity contribution in [2.75, 3.05) is 31.3 Å². The van der Waals surface area contributed by atoms with Crippen LogP contribution in [0.5, 0.6) is 0 Å². The third-order valence-electron chi connectivity index (χ3n) is 6.34. The first kappa shape index (κ1) is 27.8. The smallest absolute Gasteiger partial charge is 0.319 e. The molecule has 0 radical (unpaired) electrons. The number of nitrogens with zero attached hydrogens (tertiary/aromatic N) is 3. The number of H-pyrrole nitrogens is 1. The number of carbonyl (C=O) groups excluding carboxylic acids is 2. The van der Waals surface area contributed by atoms with Crippen LogP contribution < -0.4 is 16.0 Å². The number of aromatic nitrogens is 2. The molecule has 37 heavy (non-hydrogen) atoms. The number of fused-ring (bicyclic) bond motifs is 1. The summed E-state index contributed by atoms with van der Waals surface area (Å²) >= 11 is 0. The summed E-state index contributed by atoms with van der Waals surface area (Å²) in [5, 5.41) is 16.9. The van der Waals surface area contributed by atoms with Crippen LogP contribution in [0.15, 0.2) is 67.3 Å². The highest BCUT2D eigenvalue weighted by Gasteiger charge is 2.44. The van der Waals surface area contributed by atoms with Crippen molar-refractivity contribution >= 4 is 42.6 Å². The van der Waals surface area contributed by atoms with Crippen LogP contribution in [0.25, 0.3) is 0 Å². The number of anilines is 3. The highest BCUT2D eigenvalue weighted by molar-refractivity contribution is 7.59. The van der Waals surface area contributed by atoms with E-state index in [1.54, 1.807) is 6.07 Å². The van der Waals surface area contributed by atoms with Gasteiger partial charge >= 0.3 is 6.03 Å². The van der Waals surface area contributed by atoms with E-state index in [4.69, 9.17) is 0 Å². The number of likely N-dealkylation sites (N-methyl/N-ethyl adjacent to an activating group) is 1. The topological polar surface area (TPSA) is 105 Å². The Morgan fingerprint density at radius 3 is 2.54 bits per heavy atom. The van der Waals surface area contributed by atoms with Gasteiger partial charge in [0.05, 0.1) is 23.8 Å². The monoisotopic (exact) mass is 521 g/mol. The van der Waals surface area contributed by atoms with Crippen LogP contribution in [0.2, 0.25) is 0 Å². The van der Waals surface area contributed by atoms with Gasteiger partial charge in [-0.25, -0.2) is 4.79 Å². The second-order valence-corrected chi connectivity index (χ2v) is 9.65. The van der Waals surface area contributed by atoms with Crippen molar-refractivity contribution in [3.05, 3.63) is 84.1 Å². The minimum atomic E-state index is -0.578. The molecule has 1 aromatic heterocycles. The molecule has 10 heteroatoms. The summed E-state index contributed by atoms with van der Waals surface area (Å²) in [5.74, 6) is 0.368. The van der Waals surface area contributed by atoms with Crippen LogP contribution in [-0.4, -0.2) is 52.6 Å². The van der Waals surface area contributed by atoms with Crippen LogP contribution in [0, 0.1) is 0 Å². The van der Waals surface area contributed by atoms with Crippen molar-refractivity contribution < 1.29 is 9.59 Å². The number of benzene rings is 2. The standard InChI is InChI=1S/C27H33N7O2.H2S/c1-6-23(35)28-19-13-10-14-20(15-19)29-25-21-16-34(27(2,3)24(21)31-32-25)26(36)30-22(17-33(4)5)18-11-8-7-9-12-18;/h6-15,22H,1,16-17H2,2-5H3,(H,28,35)(H,30,36)(H2,29,31,32);1H2/t22-;/m1./s1. The Morgan fingerprint density at radius 2 is 1.86 bits per heavy atom. The lowest BCUT2D eigenvalue weighted by molar-refractivity contribution is -0.111. The predicted molar refractivity (Wildman–Crippen MR) is 152 cm³/mol. The largest absolute Gasteiger partial charge is 0.338 e. The maximum atomic E-state index is 13.5. The number of carbonyl (C=O) groups is 2. The molecular weight excluding hydrogens is 486 g/mol. The molecule has 0 aliphatic carbocycles. The average Bonchev–Trinajstić information content (AvgIpc) is 3.36. The van der Waals surface area contributed by atoms with Gasteiger partial charge in [-0.2, -0.15) is 18.6 Å². The number of hydrogen-bond donors (Lipinski definition) is 4. The number of urea groups is 1. The minimum Gasteiger partial charge on any atom is -0.338 e. The Morgan fingerprint density at radius 1 is 1.16 bits per heavy atom. The van der Waals surface area contributed by atoms with E-state index in [1.165, 1.54) is 6.08 Å². The van der Waals surface area contributed by atoms with Gasteiger partial charge in [0.15, 0.2) is 5.82 Å². The van der Waals surface area contributed by atoms with Crippen LogP contribution in [0.4, 0.5) is 22.0 Å². The van der Waals surface area contributed by atoms with Crippen molar-refractivity contribution in [1.29, 1.82) is 0 Å². The molecule has 0 bridgehead atoms. The van der Waals surface area contributed by atoms with Crippen molar-refractivity contribution in [3.8, 4) is 0 Å². The van der Waals surface area contributed by atoms with Gasteiger partial charge in [0.25, 0.3) is 0 Å². The molecule has 1 aliphatic heterocycles. The molecule has 3 amide bonds. The summed E-state index contributed by atoms with van der Waals surface area (Å²) in [4.78, 5) is 29.1. The van der Waals surface area contributed by atoms with Crippen molar-refractivity contribution in [2.24, 2.45) is 0 Å². The molecule has 0 spiro atoms. The molecule has 0 saturated carbocycles. The lowest BCUT2D eigenvalue weighted by atomic mass is 10.0. The molecule has 2 heterocycles. The zero-order chi connectivity index (χ0) is 25.9. The molecule has 196 valence electrons. The zero-order valence-corrected chi connectivity index (χ0v) is 22.6. The predicted octanol–water partition coefficient (Wildman–Crippen LogP) is 4.45. The SMILES string of the molecule is C=CC(=O)Nc1cccc(Nc2n[nH]c3c2CN(C(=O)N[C@H](CN(C)C)c2ccccc2)C3(C)C)c1.S. The lowest BCUT2D eigenvalue weighted by Crippen LogP contribution is -2.48. The number of aromatic amines is 1. The van der Waals surface area contributed by atoms with Gasteiger partial charge in [0.1, 0.15) is 0 Å². The Labute approximate surface area is 224 Å². The molecule has 0 saturated heterocycles. The molecule has 1 atom stereocenters. The van der Waals surface area contributed by atoms with Gasteiger partial charge in [-0.1, -0.05) is 43.0 Å². The Kier molecular flexibility index (Phi) is 8.67. The molecule has 4 rings (SSSR count). The quantitative estimate of drug-likeness (QED) is 0.328. The van der Waals surface area contributed by atoms with E-state index >= 15 is 0 Å². The van der Waals surface area contributed by atoms with Crippen LogP contribution in [-0.2, 0) is 16.9 Å². The highest BCUT2D eigenvalue weighted by Crippen LogP contribution is 2.41. The first-order valence-electron chi connectivity index (χ1n) is 11.8. The van der Waals surface area contributed by atoms with Crippen molar-refractivity contribution in [3.63, 3.8) is 0 Å². The summed E-state index contributed by atoms with van der Waals surface area (Å²) in [6, 6.07) is 17.1. The van der Waals surface area contributed by atoms with Crippen LogP contribution in [0.3, 0.4) is 0 Å². The van der Waals surface area contributed by atoms with E-state index in [0.29, 0.717) is 24.6 Å². The van der Waals surface area contributed by atoms with Gasteiger partial charge < -0.3 is 25.8 Å². The number of rotatable bonds is 8. The molecule has 9 nitrogen and oxygen atoms in total. The van der Waals surface area contributed by atoms with E-state index in [9.17, 15) is 9.59 Å². The summed E-state index contributed by atoms with van der Waals surface area (Å²) < 4.78 is 0. The van der Waals surface area contributed by atoms with E-state index < -0.39 is 5.54 Å². The van der Waals surface area contributed by atoms with Gasteiger partial charge in [0, 0.05) is 23.5 Å². The third-order valence-corrected chi connectivity index (χ3v) is 6.34. The van der Waals surface area contributed by atoms with E-state index in [0.717, 1.165) is 22.5 Å². The van der Waals surface area contributed by atoms with Crippen LogP contribution in [0.1, 0.15) is 36.7 Å². The molecule has 1 aliphatic rings. The molecule has 3 aromatic rings. The van der Waals surface area contributed by atoms with Crippen molar-refractivity contribution in [1.82, 2.24) is 25.3 Å². The molecule has 0 fully saturated rings. The summed E-state index contributed by atoms with van der Waals surface area (Å²) in [5.41, 5.74) is 3.71. The zero-order valence-electron chi connectivity index (χ0n) is 21.6. The lowest BCUT2D eigenvalue weighted by Gasteiger charge is -2.34. The minimum absolute atomic E-state index is 0. The fraction of sp³-hybridized carbons (Fsp3) is 0.296. The van der Waals surface area contributed by atoms with Gasteiger partial charge in [-0.05, 0) is 57.8 Å². The average molecular weight is 522 g/mol. The Hall–Kier alpha value is -3.76. The van der Waals surface area contributed by atoms with E-state index in [1.807, 2.05) is 81.4 Å². The second kappa shape index (κ2) is 11.5. The van der Waals surface area contributed by atoms with Gasteiger partial charge in [0.2, 0.25) is 5.91 Å². The molecule has 0 unspecified atom stereocenters.